The van der Waals surface area contributed by atoms with Crippen LogP contribution in [0.3, 0.4) is 0 Å². The van der Waals surface area contributed by atoms with Crippen LogP contribution in [0.25, 0.3) is 16.5 Å². The number of furan rings is 1. The van der Waals surface area contributed by atoms with Crippen molar-refractivity contribution in [1.82, 2.24) is 15.2 Å². The first-order chi connectivity index (χ1) is 17.6. The van der Waals surface area contributed by atoms with Crippen molar-refractivity contribution in [2.24, 2.45) is 4.99 Å². The van der Waals surface area contributed by atoms with Gasteiger partial charge in [0.25, 0.3) is 11.8 Å². The number of pyridine rings is 1. The Bertz CT molecular complexity index is 1580. The standard InChI is InChI=1S/C27H21N5O4.ClH/c33-25-20(18-14-28-13-16-6-11-36-24(16)18)21(26(34)30-25)22-17-5-3-4-15-12-19(27(35)31-8-1-2-9-31)32(23(15)17)10-7-29-22;/h3-7,10-11,13-14,19H,1-2,8-9,12H2,(H,30,33,34);1H. The van der Waals surface area contributed by atoms with E-state index in [1.807, 2.05) is 28.0 Å². The SMILES string of the molecule is Cl.O=C1NC(=O)C(c2cncc3ccoc23)=C1C1=NC=CN2c3c(cccc31)CC2C(=O)N1CCCC1. The van der Waals surface area contributed by atoms with E-state index >= 15 is 0 Å². The molecule has 186 valence electrons. The second-order valence-electron chi connectivity index (χ2n) is 9.31. The molecule has 1 atom stereocenters. The number of hydrogen-bond acceptors (Lipinski definition) is 7. The van der Waals surface area contributed by atoms with Crippen LogP contribution in [0.1, 0.15) is 29.5 Å². The quantitative estimate of drug-likeness (QED) is 0.537. The molecule has 0 aliphatic carbocycles. The molecular weight excluding hydrogens is 494 g/mol. The highest BCUT2D eigenvalue weighted by molar-refractivity contribution is 6.48. The number of carbonyl (C=O) groups excluding carboxylic acids is 3. The van der Waals surface area contributed by atoms with Gasteiger partial charge in [-0.2, -0.15) is 0 Å². The van der Waals surface area contributed by atoms with Crippen LogP contribution in [0.2, 0.25) is 0 Å². The molecular formula is C27H22ClN5O4. The molecule has 4 aliphatic rings. The molecule has 1 aromatic carbocycles. The number of hydrogen-bond donors (Lipinski definition) is 1. The van der Waals surface area contributed by atoms with Crippen molar-refractivity contribution in [2.75, 3.05) is 18.0 Å². The topological polar surface area (TPSA) is 108 Å². The van der Waals surface area contributed by atoms with E-state index in [0.29, 0.717) is 28.8 Å². The molecule has 4 aliphatic heterocycles. The number of rotatable bonds is 3. The predicted octanol–water partition coefficient (Wildman–Crippen LogP) is 2.99. The zero-order valence-electron chi connectivity index (χ0n) is 19.6. The van der Waals surface area contributed by atoms with Gasteiger partial charge in [0.1, 0.15) is 11.6 Å². The molecule has 3 amide bonds. The van der Waals surface area contributed by atoms with Gasteiger partial charge in [-0.3, -0.25) is 29.7 Å². The van der Waals surface area contributed by atoms with Crippen LogP contribution >= 0.6 is 12.4 Å². The van der Waals surface area contributed by atoms with E-state index in [9.17, 15) is 14.4 Å². The first-order valence-corrected chi connectivity index (χ1v) is 12.0. The number of likely N-dealkylation sites (tertiary alicyclic amines) is 1. The summed E-state index contributed by atoms with van der Waals surface area (Å²) >= 11 is 0. The third-order valence-electron chi connectivity index (χ3n) is 7.31. The Morgan fingerprint density at radius 3 is 2.68 bits per heavy atom. The van der Waals surface area contributed by atoms with Crippen molar-refractivity contribution in [1.29, 1.82) is 0 Å². The van der Waals surface area contributed by atoms with E-state index in [0.717, 1.165) is 42.6 Å². The minimum atomic E-state index is -0.528. The fourth-order valence-corrected chi connectivity index (χ4v) is 5.70. The molecule has 0 saturated carbocycles. The summed E-state index contributed by atoms with van der Waals surface area (Å²) in [5, 5.41) is 3.15. The molecule has 7 rings (SSSR count). The van der Waals surface area contributed by atoms with Crippen LogP contribution in [0.5, 0.6) is 0 Å². The van der Waals surface area contributed by atoms with E-state index in [1.54, 1.807) is 24.7 Å². The van der Waals surface area contributed by atoms with Crippen molar-refractivity contribution in [3.05, 3.63) is 77.6 Å². The molecule has 1 saturated heterocycles. The minimum absolute atomic E-state index is 0. The van der Waals surface area contributed by atoms with Crippen molar-refractivity contribution in [3.63, 3.8) is 0 Å². The molecule has 10 heteroatoms. The number of anilines is 1. The van der Waals surface area contributed by atoms with Gasteiger partial charge >= 0.3 is 0 Å². The number of amides is 3. The van der Waals surface area contributed by atoms with Gasteiger partial charge in [-0.25, -0.2) is 0 Å². The molecule has 0 radical (unpaired) electrons. The van der Waals surface area contributed by atoms with Gasteiger partial charge in [0.05, 0.1) is 28.8 Å². The highest BCUT2D eigenvalue weighted by Gasteiger charge is 2.42. The number of nitrogens with one attached hydrogen (secondary N) is 1. The number of aromatic nitrogens is 1. The Hall–Kier alpha value is -4.24. The molecule has 6 heterocycles. The van der Waals surface area contributed by atoms with E-state index in [2.05, 4.69) is 15.3 Å². The first-order valence-electron chi connectivity index (χ1n) is 12.0. The van der Waals surface area contributed by atoms with Crippen LogP contribution in [0, 0.1) is 0 Å². The van der Waals surface area contributed by atoms with E-state index in [1.165, 1.54) is 12.5 Å². The molecule has 0 spiro atoms. The average molecular weight is 516 g/mol. The van der Waals surface area contributed by atoms with E-state index in [4.69, 9.17) is 4.42 Å². The summed E-state index contributed by atoms with van der Waals surface area (Å²) in [5.41, 5.74) is 4.17. The van der Waals surface area contributed by atoms with Gasteiger partial charge in [0.15, 0.2) is 0 Å². The Kier molecular flexibility index (Phi) is 5.45. The Morgan fingerprint density at radius 1 is 1.03 bits per heavy atom. The highest BCUT2D eigenvalue weighted by Crippen LogP contribution is 2.41. The van der Waals surface area contributed by atoms with Crippen LogP contribution < -0.4 is 10.2 Å². The number of benzene rings is 1. The Balaban J connectivity index is 0.00000252. The van der Waals surface area contributed by atoms with Crippen LogP contribution in [0.15, 0.2) is 70.3 Å². The van der Waals surface area contributed by atoms with Gasteiger partial charge in [0.2, 0.25) is 5.91 Å². The summed E-state index contributed by atoms with van der Waals surface area (Å²) in [7, 11) is 0. The zero-order chi connectivity index (χ0) is 24.4. The lowest BCUT2D eigenvalue weighted by Gasteiger charge is -2.27. The Morgan fingerprint density at radius 2 is 1.84 bits per heavy atom. The van der Waals surface area contributed by atoms with Crippen LogP contribution in [-0.2, 0) is 20.8 Å². The largest absolute Gasteiger partial charge is 0.464 e. The smallest absolute Gasteiger partial charge is 0.261 e. The zero-order valence-corrected chi connectivity index (χ0v) is 20.5. The van der Waals surface area contributed by atoms with Gasteiger partial charge in [-0.1, -0.05) is 18.2 Å². The summed E-state index contributed by atoms with van der Waals surface area (Å²) in [5.74, 6) is -0.949. The molecule has 2 aromatic heterocycles. The predicted molar refractivity (Wildman–Crippen MR) is 139 cm³/mol. The highest BCUT2D eigenvalue weighted by atomic mass is 35.5. The normalized spacial score (nSPS) is 20.2. The van der Waals surface area contributed by atoms with Gasteiger partial charge in [0, 0.05) is 60.8 Å². The molecule has 1 unspecified atom stereocenters. The molecule has 3 aromatic rings. The third kappa shape index (κ3) is 3.41. The summed E-state index contributed by atoms with van der Waals surface area (Å²) in [6, 6.07) is 7.18. The van der Waals surface area contributed by atoms with Crippen molar-refractivity contribution in [2.45, 2.75) is 25.3 Å². The fourth-order valence-electron chi connectivity index (χ4n) is 5.70. The monoisotopic (exact) mass is 515 g/mol. The van der Waals surface area contributed by atoms with Gasteiger partial charge < -0.3 is 14.2 Å². The third-order valence-corrected chi connectivity index (χ3v) is 7.31. The van der Waals surface area contributed by atoms with Crippen LogP contribution in [0.4, 0.5) is 5.69 Å². The first kappa shape index (κ1) is 23.2. The summed E-state index contributed by atoms with van der Waals surface area (Å²) in [6.45, 7) is 1.56. The number of aliphatic imine (C=N–C) groups is 1. The van der Waals surface area contributed by atoms with Gasteiger partial charge in [-0.15, -0.1) is 12.4 Å². The fraction of sp³-hybridized carbons (Fsp3) is 0.222. The number of para-hydroxylation sites is 1. The number of imide groups is 1. The lowest BCUT2D eigenvalue weighted by molar-refractivity contribution is -0.131. The molecule has 1 fully saturated rings. The number of halogens is 1. The summed E-state index contributed by atoms with van der Waals surface area (Å²) in [6.07, 6.45) is 10.7. The second-order valence-corrected chi connectivity index (χ2v) is 9.31. The van der Waals surface area contributed by atoms with Crippen molar-refractivity contribution < 1.29 is 18.8 Å². The maximum atomic E-state index is 13.4. The van der Waals surface area contributed by atoms with Gasteiger partial charge in [-0.05, 0) is 24.5 Å². The number of nitrogens with zero attached hydrogens (tertiary/aromatic N) is 4. The molecule has 9 nitrogen and oxygen atoms in total. The Labute approximate surface area is 217 Å². The van der Waals surface area contributed by atoms with Crippen molar-refractivity contribution in [3.8, 4) is 0 Å². The van der Waals surface area contributed by atoms with Crippen molar-refractivity contribution >= 4 is 58.1 Å². The maximum absolute atomic E-state index is 13.4. The average Bonchev–Trinajstić information content (AvgIpc) is 3.66. The maximum Gasteiger partial charge on any atom is 0.261 e. The summed E-state index contributed by atoms with van der Waals surface area (Å²) < 4.78 is 5.64. The molecule has 0 bridgehead atoms. The molecule has 37 heavy (non-hydrogen) atoms. The summed E-state index contributed by atoms with van der Waals surface area (Å²) in [4.78, 5) is 52.4. The van der Waals surface area contributed by atoms with E-state index < -0.39 is 11.8 Å². The van der Waals surface area contributed by atoms with E-state index in [-0.39, 0.29) is 35.5 Å². The second kappa shape index (κ2) is 8.70. The lowest BCUT2D eigenvalue weighted by Crippen LogP contribution is -2.44. The lowest BCUT2D eigenvalue weighted by atomic mass is 9.93. The van der Waals surface area contributed by atoms with Crippen LogP contribution in [-0.4, -0.2) is 52.4 Å². The minimum Gasteiger partial charge on any atom is -0.464 e. The number of carbonyl (C=O) groups is 3. The molecule has 1 N–H and O–H groups in total. The number of fused-ring (bicyclic) bond motifs is 1.